The van der Waals surface area contributed by atoms with E-state index in [1.165, 1.54) is 0 Å². The Hall–Kier alpha value is -2.61. The number of benzene rings is 1. The van der Waals surface area contributed by atoms with Gasteiger partial charge < -0.3 is 14.6 Å². The van der Waals surface area contributed by atoms with Gasteiger partial charge in [-0.05, 0) is 45.7 Å². The van der Waals surface area contributed by atoms with E-state index in [0.717, 1.165) is 18.5 Å². The van der Waals surface area contributed by atoms with Crippen LogP contribution < -0.4 is 11.1 Å². The molecule has 2 amide bonds. The molecule has 2 aromatic rings. The van der Waals surface area contributed by atoms with E-state index >= 15 is 0 Å². The van der Waals surface area contributed by atoms with Crippen molar-refractivity contribution in [2.24, 2.45) is 0 Å². The molecule has 0 unspecified atom stereocenters. The van der Waals surface area contributed by atoms with Gasteiger partial charge in [-0.15, -0.1) is 0 Å². The Morgan fingerprint density at radius 3 is 2.63 bits per heavy atom. The average molecular weight is 417 g/mol. The van der Waals surface area contributed by atoms with Crippen molar-refractivity contribution in [3.8, 4) is 0 Å². The quantitative estimate of drug-likeness (QED) is 0.776. The third-order valence-electron chi connectivity index (χ3n) is 5.17. The van der Waals surface area contributed by atoms with Crippen molar-refractivity contribution in [1.82, 2.24) is 19.7 Å². The summed E-state index contributed by atoms with van der Waals surface area (Å²) in [4.78, 5) is 40.8. The Morgan fingerprint density at radius 2 is 1.87 bits per heavy atom. The molecule has 3 rings (SSSR count). The number of carbonyl (C=O) groups excluding carboxylic acids is 2. The normalized spacial score (nSPS) is 15.9. The number of hydrogen-bond donors (Lipinski definition) is 1. The molecular weight excluding hydrogens is 384 g/mol. The third-order valence-corrected chi connectivity index (χ3v) is 5.17. The zero-order valence-electron chi connectivity index (χ0n) is 18.1. The molecule has 8 nitrogen and oxygen atoms in total. The number of aryl methyl sites for hydroxylation is 1. The summed E-state index contributed by atoms with van der Waals surface area (Å²) in [5.74, 6) is -0.278. The maximum Gasteiger partial charge on any atom is 0.419 e. The smallest absolute Gasteiger partial charge is 0.408 e. The van der Waals surface area contributed by atoms with Crippen molar-refractivity contribution in [3.63, 3.8) is 0 Å². The van der Waals surface area contributed by atoms with Gasteiger partial charge in [-0.3, -0.25) is 19.1 Å². The number of para-hydroxylation sites is 2. The highest BCUT2D eigenvalue weighted by molar-refractivity contribution is 5.79. The second kappa shape index (κ2) is 9.47. The van der Waals surface area contributed by atoms with Crippen LogP contribution in [0.2, 0.25) is 0 Å². The summed E-state index contributed by atoms with van der Waals surface area (Å²) >= 11 is 0. The molecule has 0 atom stereocenters. The Morgan fingerprint density at radius 1 is 1.10 bits per heavy atom. The molecule has 1 aliphatic heterocycles. The van der Waals surface area contributed by atoms with Gasteiger partial charge in [0.1, 0.15) is 0 Å². The summed E-state index contributed by atoms with van der Waals surface area (Å²) in [6.07, 6.45) is 1.81. The molecule has 0 bridgehead atoms. The van der Waals surface area contributed by atoms with Gasteiger partial charge in [0.05, 0.1) is 12.1 Å². The second-order valence-corrected chi connectivity index (χ2v) is 8.90. The van der Waals surface area contributed by atoms with Crippen LogP contribution in [0.1, 0.15) is 40.0 Å². The van der Waals surface area contributed by atoms with Crippen LogP contribution >= 0.6 is 0 Å². The van der Waals surface area contributed by atoms with Gasteiger partial charge in [-0.25, -0.2) is 4.79 Å². The SMILES string of the molecule is CC(C)(C)NC(=O)CN1CCCN(C(=O)CCCn2c(=O)oc3ccccc32)CC1. The zero-order valence-corrected chi connectivity index (χ0v) is 18.1. The fourth-order valence-electron chi connectivity index (χ4n) is 3.81. The Labute approximate surface area is 176 Å². The Balaban J connectivity index is 1.46. The largest absolute Gasteiger partial charge is 0.419 e. The molecule has 2 heterocycles. The predicted molar refractivity (Wildman–Crippen MR) is 115 cm³/mol. The number of fused-ring (bicyclic) bond motifs is 1. The number of carbonyl (C=O) groups is 2. The maximum absolute atomic E-state index is 12.7. The molecule has 8 heteroatoms. The van der Waals surface area contributed by atoms with Crippen LogP contribution in [0.5, 0.6) is 0 Å². The summed E-state index contributed by atoms with van der Waals surface area (Å²) in [7, 11) is 0. The van der Waals surface area contributed by atoms with Crippen molar-refractivity contribution < 1.29 is 14.0 Å². The fraction of sp³-hybridized carbons (Fsp3) is 0.591. The van der Waals surface area contributed by atoms with Crippen LogP contribution in [-0.4, -0.2) is 64.4 Å². The zero-order chi connectivity index (χ0) is 21.7. The van der Waals surface area contributed by atoms with Crippen LogP contribution in [0.4, 0.5) is 0 Å². The van der Waals surface area contributed by atoms with Crippen LogP contribution in [0.25, 0.3) is 11.1 Å². The van der Waals surface area contributed by atoms with E-state index in [2.05, 4.69) is 10.2 Å². The van der Waals surface area contributed by atoms with Gasteiger partial charge in [0.2, 0.25) is 11.8 Å². The summed E-state index contributed by atoms with van der Waals surface area (Å²) in [6.45, 7) is 9.52. The molecule has 30 heavy (non-hydrogen) atoms. The van der Waals surface area contributed by atoms with Crippen LogP contribution in [0.15, 0.2) is 33.5 Å². The number of hydrogen-bond acceptors (Lipinski definition) is 5. The maximum atomic E-state index is 12.7. The van der Waals surface area contributed by atoms with Gasteiger partial charge >= 0.3 is 5.76 Å². The molecule has 1 aliphatic rings. The van der Waals surface area contributed by atoms with E-state index in [9.17, 15) is 14.4 Å². The summed E-state index contributed by atoms with van der Waals surface area (Å²) in [5, 5.41) is 2.98. The highest BCUT2D eigenvalue weighted by Gasteiger charge is 2.22. The minimum absolute atomic E-state index is 0.0139. The summed E-state index contributed by atoms with van der Waals surface area (Å²) in [6, 6.07) is 7.31. The molecule has 1 aromatic carbocycles. The van der Waals surface area contributed by atoms with Gasteiger partial charge in [0.15, 0.2) is 5.58 Å². The highest BCUT2D eigenvalue weighted by atomic mass is 16.4. The number of nitrogens with zero attached hydrogens (tertiary/aromatic N) is 3. The topological polar surface area (TPSA) is 87.8 Å². The van der Waals surface area contributed by atoms with Crippen LogP contribution in [0.3, 0.4) is 0 Å². The van der Waals surface area contributed by atoms with Gasteiger partial charge in [0.25, 0.3) is 0 Å². The molecule has 0 spiro atoms. The van der Waals surface area contributed by atoms with E-state index in [0.29, 0.717) is 51.1 Å². The molecule has 1 aromatic heterocycles. The summed E-state index contributed by atoms with van der Waals surface area (Å²) < 4.78 is 6.82. The molecule has 1 fully saturated rings. The number of nitrogens with one attached hydrogen (secondary N) is 1. The lowest BCUT2D eigenvalue weighted by Crippen LogP contribution is -2.46. The van der Waals surface area contributed by atoms with Crippen LogP contribution in [-0.2, 0) is 16.1 Å². The number of rotatable bonds is 6. The first-order valence-corrected chi connectivity index (χ1v) is 10.6. The van der Waals surface area contributed by atoms with Crippen molar-refractivity contribution >= 4 is 22.9 Å². The number of oxazole rings is 1. The molecule has 1 N–H and O–H groups in total. The standard InChI is InChI=1S/C22H32N4O4/c1-22(2,3)23-19(27)16-24-11-7-12-25(15-14-24)20(28)10-6-13-26-17-8-4-5-9-18(17)30-21(26)29/h4-5,8-9H,6-7,10-16H2,1-3H3,(H,23,27). The molecule has 0 aliphatic carbocycles. The molecule has 0 radical (unpaired) electrons. The van der Waals surface area contributed by atoms with E-state index in [-0.39, 0.29) is 23.1 Å². The molecule has 164 valence electrons. The second-order valence-electron chi connectivity index (χ2n) is 8.90. The Bertz CT molecular complexity index is 940. The minimum Gasteiger partial charge on any atom is -0.408 e. The lowest BCUT2D eigenvalue weighted by atomic mass is 10.1. The highest BCUT2D eigenvalue weighted by Crippen LogP contribution is 2.13. The third kappa shape index (κ3) is 5.95. The minimum atomic E-state index is -0.386. The summed E-state index contributed by atoms with van der Waals surface area (Å²) in [5.41, 5.74) is 1.08. The van der Waals surface area contributed by atoms with Crippen LogP contribution in [0, 0.1) is 0 Å². The fourth-order valence-corrected chi connectivity index (χ4v) is 3.81. The number of aromatic nitrogens is 1. The van der Waals surface area contributed by atoms with E-state index in [4.69, 9.17) is 4.42 Å². The number of amides is 2. The van der Waals surface area contributed by atoms with Crippen molar-refractivity contribution in [2.45, 2.75) is 52.1 Å². The predicted octanol–water partition coefficient (Wildman–Crippen LogP) is 1.82. The van der Waals surface area contributed by atoms with Gasteiger partial charge in [-0.2, -0.15) is 0 Å². The van der Waals surface area contributed by atoms with E-state index in [1.807, 2.05) is 43.9 Å². The molecular formula is C22H32N4O4. The van der Waals surface area contributed by atoms with Gasteiger partial charge in [0, 0.05) is 44.7 Å². The Kier molecular flexibility index (Phi) is 6.97. The molecule has 0 saturated carbocycles. The van der Waals surface area contributed by atoms with E-state index in [1.54, 1.807) is 10.6 Å². The van der Waals surface area contributed by atoms with Crippen molar-refractivity contribution in [1.29, 1.82) is 0 Å². The molecule has 1 saturated heterocycles. The first kappa shape index (κ1) is 22.1. The first-order chi connectivity index (χ1) is 14.2. The first-order valence-electron chi connectivity index (χ1n) is 10.6. The lowest BCUT2D eigenvalue weighted by Gasteiger charge is -2.25. The lowest BCUT2D eigenvalue weighted by molar-refractivity contribution is -0.131. The van der Waals surface area contributed by atoms with E-state index < -0.39 is 0 Å². The van der Waals surface area contributed by atoms with Crippen molar-refractivity contribution in [3.05, 3.63) is 34.8 Å². The average Bonchev–Trinajstić information content (AvgIpc) is 2.82. The van der Waals surface area contributed by atoms with Gasteiger partial charge in [-0.1, -0.05) is 12.1 Å². The van der Waals surface area contributed by atoms with Crippen molar-refractivity contribution in [2.75, 3.05) is 32.7 Å². The monoisotopic (exact) mass is 416 g/mol.